The van der Waals surface area contributed by atoms with E-state index in [2.05, 4.69) is 27.2 Å². The van der Waals surface area contributed by atoms with E-state index in [1.54, 1.807) is 6.20 Å². The van der Waals surface area contributed by atoms with Gasteiger partial charge in [-0.15, -0.1) is 0 Å². The summed E-state index contributed by atoms with van der Waals surface area (Å²) in [6.07, 6.45) is 5.25. The van der Waals surface area contributed by atoms with Gasteiger partial charge in [0.05, 0.1) is 17.3 Å². The minimum absolute atomic E-state index is 0.0953. The molecule has 3 heterocycles. The van der Waals surface area contributed by atoms with Crippen LogP contribution in [-0.2, 0) is 4.79 Å². The molecule has 1 atom stereocenters. The zero-order valence-corrected chi connectivity index (χ0v) is 17.7. The highest BCUT2D eigenvalue weighted by molar-refractivity contribution is 6.04. The third-order valence-corrected chi connectivity index (χ3v) is 6.18. The fourth-order valence-corrected chi connectivity index (χ4v) is 4.38. The summed E-state index contributed by atoms with van der Waals surface area (Å²) in [4.78, 5) is 39.1. The minimum atomic E-state index is -0.226. The van der Waals surface area contributed by atoms with E-state index < -0.39 is 0 Å². The van der Waals surface area contributed by atoms with Crippen molar-refractivity contribution in [2.75, 3.05) is 32.0 Å². The predicted molar refractivity (Wildman–Crippen MR) is 115 cm³/mol. The zero-order valence-electron chi connectivity index (χ0n) is 17.7. The molecule has 2 amide bonds. The number of hydrogen-bond acceptors (Lipinski definition) is 5. The standard InChI is InChI=1S/C23H29N5O2/c1-16-19(22(29)26-18-7-4-3-5-8-18)15-24-21(25-16)20-9-6-12-28(20)23(30)17-10-13-27(2)14-11-17/h3-5,7-8,15,17,20H,6,9-14H2,1-2H3,(H,26,29)/t20-/m1/s1. The maximum Gasteiger partial charge on any atom is 0.259 e. The van der Waals surface area contributed by atoms with Crippen molar-refractivity contribution in [3.05, 3.63) is 53.6 Å². The number of anilines is 1. The van der Waals surface area contributed by atoms with Gasteiger partial charge >= 0.3 is 0 Å². The van der Waals surface area contributed by atoms with E-state index in [0.29, 0.717) is 17.1 Å². The molecule has 1 aromatic heterocycles. The topological polar surface area (TPSA) is 78.4 Å². The van der Waals surface area contributed by atoms with Gasteiger partial charge in [0.15, 0.2) is 5.82 Å². The number of piperidine rings is 1. The third-order valence-electron chi connectivity index (χ3n) is 6.18. The number of amides is 2. The Labute approximate surface area is 177 Å². The summed E-state index contributed by atoms with van der Waals surface area (Å²) < 4.78 is 0. The molecule has 7 heteroatoms. The molecule has 1 aromatic carbocycles. The van der Waals surface area contributed by atoms with Crippen LogP contribution in [0.4, 0.5) is 5.69 Å². The van der Waals surface area contributed by atoms with Gasteiger partial charge in [-0.2, -0.15) is 0 Å². The average Bonchev–Trinajstić information content (AvgIpc) is 3.24. The highest BCUT2D eigenvalue weighted by Gasteiger charge is 2.36. The lowest BCUT2D eigenvalue weighted by atomic mass is 9.95. The van der Waals surface area contributed by atoms with E-state index in [1.165, 1.54) is 0 Å². The highest BCUT2D eigenvalue weighted by Crippen LogP contribution is 2.33. The first-order chi connectivity index (χ1) is 14.5. The molecule has 0 unspecified atom stereocenters. The summed E-state index contributed by atoms with van der Waals surface area (Å²) in [5, 5.41) is 2.87. The Bertz CT molecular complexity index is 909. The summed E-state index contributed by atoms with van der Waals surface area (Å²) in [5.41, 5.74) is 1.82. The molecule has 2 aliphatic heterocycles. The number of carbonyl (C=O) groups excluding carboxylic acids is 2. The Morgan fingerprint density at radius 1 is 1.07 bits per heavy atom. The largest absolute Gasteiger partial charge is 0.332 e. The van der Waals surface area contributed by atoms with E-state index in [0.717, 1.165) is 51.0 Å². The van der Waals surface area contributed by atoms with Crippen molar-refractivity contribution < 1.29 is 9.59 Å². The van der Waals surface area contributed by atoms with Crippen molar-refractivity contribution in [1.29, 1.82) is 0 Å². The highest BCUT2D eigenvalue weighted by atomic mass is 16.2. The average molecular weight is 408 g/mol. The van der Waals surface area contributed by atoms with Crippen LogP contribution in [0.5, 0.6) is 0 Å². The second kappa shape index (κ2) is 8.92. The summed E-state index contributed by atoms with van der Waals surface area (Å²) in [5.74, 6) is 0.745. The molecule has 2 saturated heterocycles. The van der Waals surface area contributed by atoms with E-state index >= 15 is 0 Å². The second-order valence-electron chi connectivity index (χ2n) is 8.31. The summed E-state index contributed by atoms with van der Waals surface area (Å²) in [7, 11) is 2.10. The van der Waals surface area contributed by atoms with Gasteiger partial charge in [-0.3, -0.25) is 9.59 Å². The Morgan fingerprint density at radius 2 is 1.80 bits per heavy atom. The lowest BCUT2D eigenvalue weighted by Crippen LogP contribution is -2.41. The van der Waals surface area contributed by atoms with E-state index in [-0.39, 0.29) is 23.8 Å². The second-order valence-corrected chi connectivity index (χ2v) is 8.31. The molecule has 7 nitrogen and oxygen atoms in total. The summed E-state index contributed by atoms with van der Waals surface area (Å²) >= 11 is 0. The van der Waals surface area contributed by atoms with Gasteiger partial charge in [-0.1, -0.05) is 18.2 Å². The molecule has 0 spiro atoms. The van der Waals surface area contributed by atoms with E-state index in [4.69, 9.17) is 0 Å². The van der Waals surface area contributed by atoms with Gasteiger partial charge in [0.1, 0.15) is 0 Å². The molecule has 2 aliphatic rings. The number of nitrogens with one attached hydrogen (secondary N) is 1. The smallest absolute Gasteiger partial charge is 0.259 e. The third kappa shape index (κ3) is 4.36. The van der Waals surface area contributed by atoms with Gasteiger partial charge in [0.2, 0.25) is 5.91 Å². The van der Waals surface area contributed by atoms with Crippen molar-refractivity contribution in [2.24, 2.45) is 5.92 Å². The van der Waals surface area contributed by atoms with Gasteiger partial charge in [0, 0.05) is 24.3 Å². The first-order valence-corrected chi connectivity index (χ1v) is 10.7. The van der Waals surface area contributed by atoms with Gasteiger partial charge in [-0.25, -0.2) is 9.97 Å². The van der Waals surface area contributed by atoms with Crippen LogP contribution in [-0.4, -0.2) is 58.3 Å². The molecule has 1 N–H and O–H groups in total. The maximum absolute atomic E-state index is 13.1. The van der Waals surface area contributed by atoms with Crippen molar-refractivity contribution in [3.8, 4) is 0 Å². The Kier molecular flexibility index (Phi) is 6.08. The molecule has 0 aliphatic carbocycles. The molecular weight excluding hydrogens is 378 g/mol. The molecule has 30 heavy (non-hydrogen) atoms. The molecule has 4 rings (SSSR count). The van der Waals surface area contributed by atoms with Crippen LogP contribution in [0.15, 0.2) is 36.5 Å². The van der Waals surface area contributed by atoms with Gasteiger partial charge in [0.25, 0.3) is 5.91 Å². The fourth-order valence-electron chi connectivity index (χ4n) is 4.38. The zero-order chi connectivity index (χ0) is 21.1. The van der Waals surface area contributed by atoms with Crippen LogP contribution in [0.3, 0.4) is 0 Å². The Balaban J connectivity index is 1.47. The first-order valence-electron chi connectivity index (χ1n) is 10.7. The van der Waals surface area contributed by atoms with Crippen LogP contribution in [0.1, 0.15) is 53.6 Å². The summed E-state index contributed by atoms with van der Waals surface area (Å²) in [6, 6.07) is 9.23. The maximum atomic E-state index is 13.1. The molecule has 0 saturated carbocycles. The monoisotopic (exact) mass is 407 g/mol. The number of aryl methyl sites for hydroxylation is 1. The lowest BCUT2D eigenvalue weighted by molar-refractivity contribution is -0.138. The normalized spacial score (nSPS) is 20.3. The van der Waals surface area contributed by atoms with Gasteiger partial charge in [-0.05, 0) is 64.9 Å². The van der Waals surface area contributed by atoms with E-state index in [1.807, 2.05) is 42.2 Å². The van der Waals surface area contributed by atoms with Crippen LogP contribution in [0.25, 0.3) is 0 Å². The molecule has 0 radical (unpaired) electrons. The van der Waals surface area contributed by atoms with Crippen molar-refractivity contribution in [1.82, 2.24) is 19.8 Å². The summed E-state index contributed by atoms with van der Waals surface area (Å²) in [6.45, 7) is 4.52. The minimum Gasteiger partial charge on any atom is -0.332 e. The molecular formula is C23H29N5O2. The Morgan fingerprint density at radius 3 is 2.50 bits per heavy atom. The number of rotatable bonds is 4. The number of benzene rings is 1. The lowest BCUT2D eigenvalue weighted by Gasteiger charge is -2.33. The quantitative estimate of drug-likeness (QED) is 0.843. The number of para-hydroxylation sites is 1. The van der Waals surface area contributed by atoms with Crippen LogP contribution >= 0.6 is 0 Å². The van der Waals surface area contributed by atoms with Crippen molar-refractivity contribution in [3.63, 3.8) is 0 Å². The Hall–Kier alpha value is -2.80. The number of aromatic nitrogens is 2. The van der Waals surface area contributed by atoms with Gasteiger partial charge < -0.3 is 15.1 Å². The van der Waals surface area contributed by atoms with Crippen LogP contribution < -0.4 is 5.32 Å². The molecule has 158 valence electrons. The number of carbonyl (C=O) groups is 2. The van der Waals surface area contributed by atoms with E-state index in [9.17, 15) is 9.59 Å². The fraction of sp³-hybridized carbons (Fsp3) is 0.478. The SMILES string of the molecule is Cc1nc([C@H]2CCCN2C(=O)C2CCN(C)CC2)ncc1C(=O)Nc1ccccc1. The molecule has 2 aromatic rings. The molecule has 0 bridgehead atoms. The number of likely N-dealkylation sites (tertiary alicyclic amines) is 2. The van der Waals surface area contributed by atoms with Crippen LogP contribution in [0, 0.1) is 12.8 Å². The van der Waals surface area contributed by atoms with Crippen molar-refractivity contribution >= 4 is 17.5 Å². The van der Waals surface area contributed by atoms with Crippen LogP contribution in [0.2, 0.25) is 0 Å². The molecule has 2 fully saturated rings. The van der Waals surface area contributed by atoms with Crippen molar-refractivity contribution in [2.45, 2.75) is 38.6 Å². The number of hydrogen-bond donors (Lipinski definition) is 1. The first kappa shape index (κ1) is 20.5. The number of nitrogens with zero attached hydrogens (tertiary/aromatic N) is 4. The predicted octanol–water partition coefficient (Wildman–Crippen LogP) is 3.04.